The van der Waals surface area contributed by atoms with Crippen molar-refractivity contribution < 1.29 is 14.3 Å². The monoisotopic (exact) mass is 485 g/mol. The van der Waals surface area contributed by atoms with Crippen LogP contribution in [0.15, 0.2) is 11.1 Å². The first-order valence-electron chi connectivity index (χ1n) is 11.6. The largest absolute Gasteiger partial charge is 0.462 e. The molecule has 2 aliphatic rings. The molecule has 0 bridgehead atoms. The Bertz CT molecular complexity index is 1300. The zero-order valence-electron chi connectivity index (χ0n) is 18.9. The predicted molar refractivity (Wildman–Crippen MR) is 131 cm³/mol. The first-order chi connectivity index (χ1) is 16.0. The molecule has 0 unspecified atom stereocenters. The Balaban J connectivity index is 1.51. The number of carbonyl (C=O) groups excluding carboxylic acids is 2. The highest BCUT2D eigenvalue weighted by atomic mass is 32.1. The number of aryl methyl sites for hydroxylation is 2. The van der Waals surface area contributed by atoms with Gasteiger partial charge in [-0.05, 0) is 63.5 Å². The first-order valence-corrected chi connectivity index (χ1v) is 13.3. The molecule has 0 aromatic carbocycles. The van der Waals surface area contributed by atoms with Crippen LogP contribution >= 0.6 is 22.7 Å². The Morgan fingerprint density at radius 2 is 1.94 bits per heavy atom. The van der Waals surface area contributed by atoms with Crippen molar-refractivity contribution in [3.63, 3.8) is 0 Å². The van der Waals surface area contributed by atoms with Crippen LogP contribution in [0, 0.1) is 6.92 Å². The average molecular weight is 486 g/mol. The van der Waals surface area contributed by atoms with Gasteiger partial charge in [0.2, 0.25) is 0 Å². The topological polar surface area (TPSA) is 90.3 Å². The Hall–Kier alpha value is -2.52. The van der Waals surface area contributed by atoms with Gasteiger partial charge in [0, 0.05) is 10.9 Å². The van der Waals surface area contributed by atoms with Crippen molar-refractivity contribution in [2.75, 3.05) is 11.9 Å². The number of carbonyl (C=O) groups is 2. The molecule has 3 heterocycles. The van der Waals surface area contributed by atoms with Gasteiger partial charge in [-0.1, -0.05) is 12.8 Å². The lowest BCUT2D eigenvalue weighted by Gasteiger charge is -2.12. The lowest BCUT2D eigenvalue weighted by molar-refractivity contribution is 0.0526. The molecule has 174 valence electrons. The molecule has 0 spiro atoms. The van der Waals surface area contributed by atoms with Crippen molar-refractivity contribution in [1.82, 2.24) is 9.55 Å². The second-order valence-corrected chi connectivity index (χ2v) is 10.8. The number of rotatable bonds is 5. The zero-order valence-corrected chi connectivity index (χ0v) is 20.5. The highest BCUT2D eigenvalue weighted by Gasteiger charge is 2.29. The lowest BCUT2D eigenvalue weighted by Crippen LogP contribution is -2.23. The lowest BCUT2D eigenvalue weighted by atomic mass is 9.95. The minimum Gasteiger partial charge on any atom is -0.462 e. The molecule has 0 atom stereocenters. The molecule has 1 amide bonds. The number of anilines is 1. The minimum absolute atomic E-state index is 0.0708. The summed E-state index contributed by atoms with van der Waals surface area (Å²) in [5, 5.41) is 4.03. The van der Waals surface area contributed by atoms with E-state index in [4.69, 9.17) is 4.74 Å². The zero-order chi connectivity index (χ0) is 23.1. The third kappa shape index (κ3) is 3.91. The number of nitrogens with one attached hydrogen (secondary N) is 1. The van der Waals surface area contributed by atoms with Gasteiger partial charge in [0.25, 0.3) is 11.5 Å². The van der Waals surface area contributed by atoms with E-state index in [0.29, 0.717) is 31.2 Å². The van der Waals surface area contributed by atoms with E-state index in [1.165, 1.54) is 22.7 Å². The highest BCUT2D eigenvalue weighted by molar-refractivity contribution is 7.21. The predicted octanol–water partition coefficient (Wildman–Crippen LogP) is 5.25. The normalized spacial score (nSPS) is 16.2. The summed E-state index contributed by atoms with van der Waals surface area (Å²) >= 11 is 2.69. The minimum atomic E-state index is -0.388. The molecule has 3 aromatic rings. The summed E-state index contributed by atoms with van der Waals surface area (Å²) in [4.78, 5) is 45.9. The van der Waals surface area contributed by atoms with Crippen LogP contribution in [0.5, 0.6) is 0 Å². The molecular formula is C24H27N3O4S2. The van der Waals surface area contributed by atoms with Crippen LogP contribution in [0.2, 0.25) is 0 Å². The van der Waals surface area contributed by atoms with Crippen molar-refractivity contribution in [2.24, 2.45) is 0 Å². The van der Waals surface area contributed by atoms with Gasteiger partial charge in [-0.15, -0.1) is 22.7 Å². The van der Waals surface area contributed by atoms with Crippen molar-refractivity contribution in [3.8, 4) is 0 Å². The molecular weight excluding hydrogens is 458 g/mol. The third-order valence-electron chi connectivity index (χ3n) is 6.68. The van der Waals surface area contributed by atoms with Crippen LogP contribution in [0.3, 0.4) is 0 Å². The van der Waals surface area contributed by atoms with Gasteiger partial charge < -0.3 is 10.1 Å². The number of thiophene rings is 2. The van der Waals surface area contributed by atoms with E-state index in [1.807, 2.05) is 6.92 Å². The fraction of sp³-hybridized carbons (Fsp3) is 0.500. The summed E-state index contributed by atoms with van der Waals surface area (Å²) in [5.74, 6) is -0.701. The van der Waals surface area contributed by atoms with Crippen molar-refractivity contribution in [3.05, 3.63) is 43.1 Å². The average Bonchev–Trinajstić information content (AvgIpc) is 3.52. The van der Waals surface area contributed by atoms with Crippen LogP contribution < -0.4 is 10.9 Å². The van der Waals surface area contributed by atoms with Crippen LogP contribution in [0.25, 0.3) is 10.2 Å². The molecule has 1 saturated carbocycles. The molecule has 0 radical (unpaired) electrons. The summed E-state index contributed by atoms with van der Waals surface area (Å²) in [5.41, 5.74) is 2.08. The molecule has 0 saturated heterocycles. The Morgan fingerprint density at radius 1 is 1.18 bits per heavy atom. The second-order valence-electron chi connectivity index (χ2n) is 8.72. The number of hydrogen-bond acceptors (Lipinski definition) is 7. The summed E-state index contributed by atoms with van der Waals surface area (Å²) in [6.07, 6.45) is 9.70. The van der Waals surface area contributed by atoms with E-state index in [-0.39, 0.29) is 30.1 Å². The van der Waals surface area contributed by atoms with E-state index in [1.54, 1.807) is 17.8 Å². The number of fused-ring (bicyclic) bond motifs is 2. The van der Waals surface area contributed by atoms with Gasteiger partial charge >= 0.3 is 5.97 Å². The molecule has 7 nitrogen and oxygen atoms in total. The van der Waals surface area contributed by atoms with E-state index in [9.17, 15) is 14.4 Å². The van der Waals surface area contributed by atoms with Crippen molar-refractivity contribution >= 4 is 49.8 Å². The van der Waals surface area contributed by atoms with E-state index < -0.39 is 0 Å². The fourth-order valence-electron chi connectivity index (χ4n) is 5.03. The summed E-state index contributed by atoms with van der Waals surface area (Å²) in [7, 11) is 0. The maximum absolute atomic E-state index is 13.3. The maximum atomic E-state index is 13.3. The van der Waals surface area contributed by atoms with Gasteiger partial charge in [-0.2, -0.15) is 0 Å². The van der Waals surface area contributed by atoms with Gasteiger partial charge in [-0.25, -0.2) is 9.78 Å². The third-order valence-corrected chi connectivity index (χ3v) is 9.08. The van der Waals surface area contributed by atoms with E-state index >= 15 is 0 Å². The number of amides is 1. The molecule has 9 heteroatoms. The molecule has 1 N–H and O–H groups in total. The number of esters is 1. The Morgan fingerprint density at radius 3 is 2.70 bits per heavy atom. The molecule has 3 aromatic heterocycles. The molecule has 5 rings (SSSR count). The fourth-order valence-corrected chi connectivity index (χ4v) is 7.34. The van der Waals surface area contributed by atoms with Crippen molar-refractivity contribution in [2.45, 2.75) is 71.3 Å². The van der Waals surface area contributed by atoms with E-state index in [2.05, 4.69) is 10.3 Å². The molecule has 1 fully saturated rings. The molecule has 33 heavy (non-hydrogen) atoms. The first kappa shape index (κ1) is 22.3. The summed E-state index contributed by atoms with van der Waals surface area (Å²) in [6.45, 7) is 3.87. The summed E-state index contributed by atoms with van der Waals surface area (Å²) < 4.78 is 7.03. The van der Waals surface area contributed by atoms with Crippen molar-refractivity contribution in [1.29, 1.82) is 0 Å². The van der Waals surface area contributed by atoms with Gasteiger partial charge in [0.05, 0.1) is 28.8 Å². The molecule has 2 aliphatic carbocycles. The number of hydrogen-bond donors (Lipinski definition) is 1. The number of ether oxygens (including phenoxy) is 1. The standard InChI is InChI=1S/C24H27N3O4S2/c1-3-31-24(30)18-15-10-6-7-11-16(15)32-22(18)26-20(28)19-13(2)17-21(33-19)25-12-27(23(17)29)14-8-4-5-9-14/h12,14H,3-11H2,1-2H3,(H,26,28). The number of aromatic nitrogens is 2. The van der Waals surface area contributed by atoms with Gasteiger partial charge in [0.15, 0.2) is 0 Å². The van der Waals surface area contributed by atoms with Gasteiger partial charge in [0.1, 0.15) is 9.83 Å². The highest BCUT2D eigenvalue weighted by Crippen LogP contribution is 2.39. The van der Waals surface area contributed by atoms with Gasteiger partial charge in [-0.3, -0.25) is 14.2 Å². The van der Waals surface area contributed by atoms with Crippen LogP contribution in [0.4, 0.5) is 5.00 Å². The van der Waals surface area contributed by atoms with E-state index in [0.717, 1.165) is 61.8 Å². The van der Waals surface area contributed by atoms with Crippen LogP contribution in [-0.2, 0) is 17.6 Å². The number of nitrogens with zero attached hydrogens (tertiary/aromatic N) is 2. The smallest absolute Gasteiger partial charge is 0.341 e. The summed E-state index contributed by atoms with van der Waals surface area (Å²) in [6, 6.07) is 0.190. The van der Waals surface area contributed by atoms with Crippen LogP contribution in [0.1, 0.15) is 87.5 Å². The quantitative estimate of drug-likeness (QED) is 0.499. The van der Waals surface area contributed by atoms with Crippen LogP contribution in [-0.4, -0.2) is 28.0 Å². The second kappa shape index (κ2) is 9.02. The molecule has 0 aliphatic heterocycles. The SMILES string of the molecule is CCOC(=O)c1c(NC(=O)c2sc3ncn(C4CCCC4)c(=O)c3c2C)sc2c1CCCC2. The Labute approximate surface area is 199 Å². The Kier molecular flexibility index (Phi) is 6.09. The maximum Gasteiger partial charge on any atom is 0.341 e.